The van der Waals surface area contributed by atoms with Gasteiger partial charge in [0.1, 0.15) is 6.04 Å². The van der Waals surface area contributed by atoms with Gasteiger partial charge >= 0.3 is 5.97 Å². The van der Waals surface area contributed by atoms with Crippen molar-refractivity contribution in [1.82, 2.24) is 0 Å². The zero-order valence-electron chi connectivity index (χ0n) is 10.2. The molecule has 0 aliphatic heterocycles. The minimum Gasteiger partial charge on any atom is -0.493 e. The zero-order valence-corrected chi connectivity index (χ0v) is 10.2. The third-order valence-corrected chi connectivity index (χ3v) is 2.30. The topological polar surface area (TPSA) is 70.8 Å². The van der Waals surface area contributed by atoms with Crippen LogP contribution in [-0.2, 0) is 9.53 Å². The Labute approximate surface area is 100 Å². The van der Waals surface area contributed by atoms with Crippen molar-refractivity contribution >= 4 is 5.97 Å². The standard InChI is InChI=1S/C12H17NO4/c1-4-17-9-6-5-8(7-10(9)15-2)11(13)12(14)16-3/h5-7,11H,4,13H2,1-3H3/t11-/m1/s1. The van der Waals surface area contributed by atoms with Crippen molar-refractivity contribution < 1.29 is 19.0 Å². The molecule has 0 saturated carbocycles. The van der Waals surface area contributed by atoms with Gasteiger partial charge in [-0.15, -0.1) is 0 Å². The molecule has 0 amide bonds. The maximum Gasteiger partial charge on any atom is 0.327 e. The maximum atomic E-state index is 11.3. The van der Waals surface area contributed by atoms with Crippen LogP contribution in [0.1, 0.15) is 18.5 Å². The smallest absolute Gasteiger partial charge is 0.327 e. The lowest BCUT2D eigenvalue weighted by Crippen LogP contribution is -2.22. The number of nitrogens with two attached hydrogens (primary N) is 1. The van der Waals surface area contributed by atoms with Crippen LogP contribution in [0.4, 0.5) is 0 Å². The van der Waals surface area contributed by atoms with E-state index in [1.54, 1.807) is 18.2 Å². The molecule has 1 aromatic carbocycles. The van der Waals surface area contributed by atoms with Crippen molar-refractivity contribution in [2.75, 3.05) is 20.8 Å². The summed E-state index contributed by atoms with van der Waals surface area (Å²) < 4.78 is 15.1. The van der Waals surface area contributed by atoms with E-state index in [0.29, 0.717) is 23.7 Å². The van der Waals surface area contributed by atoms with Crippen molar-refractivity contribution in [2.24, 2.45) is 5.73 Å². The first kappa shape index (κ1) is 13.3. The minimum absolute atomic E-state index is 0.490. The van der Waals surface area contributed by atoms with Gasteiger partial charge in [0.05, 0.1) is 20.8 Å². The summed E-state index contributed by atoms with van der Waals surface area (Å²) in [5.41, 5.74) is 6.35. The number of methoxy groups -OCH3 is 2. The van der Waals surface area contributed by atoms with E-state index in [0.717, 1.165) is 0 Å². The van der Waals surface area contributed by atoms with Crippen LogP contribution in [0, 0.1) is 0 Å². The van der Waals surface area contributed by atoms with Crippen LogP contribution in [0.5, 0.6) is 11.5 Å². The second-order valence-electron chi connectivity index (χ2n) is 3.34. The van der Waals surface area contributed by atoms with Crippen molar-refractivity contribution in [3.8, 4) is 11.5 Å². The molecule has 2 N–H and O–H groups in total. The number of carbonyl (C=O) groups excluding carboxylic acids is 1. The molecule has 0 saturated heterocycles. The van der Waals surface area contributed by atoms with Gasteiger partial charge in [0.25, 0.3) is 0 Å². The molecule has 1 atom stereocenters. The van der Waals surface area contributed by atoms with Crippen LogP contribution >= 0.6 is 0 Å². The Bertz CT molecular complexity index is 392. The minimum atomic E-state index is -0.815. The first-order valence-electron chi connectivity index (χ1n) is 5.28. The summed E-state index contributed by atoms with van der Waals surface area (Å²) in [4.78, 5) is 11.3. The van der Waals surface area contributed by atoms with Crippen LogP contribution in [-0.4, -0.2) is 26.8 Å². The molecule has 0 bridgehead atoms. The molecule has 0 unspecified atom stereocenters. The van der Waals surface area contributed by atoms with Crippen LogP contribution in [0.3, 0.4) is 0 Å². The predicted octanol–water partition coefficient (Wildman–Crippen LogP) is 1.27. The lowest BCUT2D eigenvalue weighted by Gasteiger charge is -2.13. The molecule has 1 aromatic rings. The Morgan fingerprint density at radius 2 is 2.06 bits per heavy atom. The van der Waals surface area contributed by atoms with E-state index < -0.39 is 12.0 Å². The monoisotopic (exact) mass is 239 g/mol. The van der Waals surface area contributed by atoms with Gasteiger partial charge in [0.15, 0.2) is 11.5 Å². The van der Waals surface area contributed by atoms with Gasteiger partial charge in [-0.05, 0) is 24.6 Å². The summed E-state index contributed by atoms with van der Waals surface area (Å²) >= 11 is 0. The molecule has 5 heteroatoms. The van der Waals surface area contributed by atoms with Crippen LogP contribution < -0.4 is 15.2 Å². The normalized spacial score (nSPS) is 11.8. The fourth-order valence-corrected chi connectivity index (χ4v) is 1.42. The molecule has 0 aliphatic rings. The number of hydrogen-bond acceptors (Lipinski definition) is 5. The van der Waals surface area contributed by atoms with Crippen LogP contribution in [0.2, 0.25) is 0 Å². The largest absolute Gasteiger partial charge is 0.493 e. The van der Waals surface area contributed by atoms with Gasteiger partial charge in [-0.25, -0.2) is 0 Å². The molecule has 0 spiro atoms. The predicted molar refractivity (Wildman–Crippen MR) is 63.1 cm³/mol. The summed E-state index contributed by atoms with van der Waals surface area (Å²) in [5, 5.41) is 0. The zero-order chi connectivity index (χ0) is 12.8. The number of hydrogen-bond donors (Lipinski definition) is 1. The van der Waals surface area contributed by atoms with E-state index in [9.17, 15) is 4.79 Å². The first-order valence-corrected chi connectivity index (χ1v) is 5.28. The highest BCUT2D eigenvalue weighted by Gasteiger charge is 2.18. The van der Waals surface area contributed by atoms with E-state index >= 15 is 0 Å². The van der Waals surface area contributed by atoms with Gasteiger partial charge in [-0.1, -0.05) is 6.07 Å². The van der Waals surface area contributed by atoms with Crippen molar-refractivity contribution in [3.05, 3.63) is 23.8 Å². The summed E-state index contributed by atoms with van der Waals surface area (Å²) in [6.07, 6.45) is 0. The highest BCUT2D eigenvalue weighted by atomic mass is 16.5. The van der Waals surface area contributed by atoms with Crippen LogP contribution in [0.25, 0.3) is 0 Å². The molecular weight excluding hydrogens is 222 g/mol. The van der Waals surface area contributed by atoms with E-state index in [-0.39, 0.29) is 0 Å². The van der Waals surface area contributed by atoms with Gasteiger partial charge in [-0.3, -0.25) is 4.79 Å². The quantitative estimate of drug-likeness (QED) is 0.783. The third-order valence-electron chi connectivity index (χ3n) is 2.30. The van der Waals surface area contributed by atoms with Gasteiger partial charge < -0.3 is 19.9 Å². The van der Waals surface area contributed by atoms with Gasteiger partial charge in [0, 0.05) is 0 Å². The molecule has 0 fully saturated rings. The van der Waals surface area contributed by atoms with Crippen molar-refractivity contribution in [3.63, 3.8) is 0 Å². The maximum absolute atomic E-state index is 11.3. The molecule has 0 aliphatic carbocycles. The molecule has 1 rings (SSSR count). The van der Waals surface area contributed by atoms with Gasteiger partial charge in [-0.2, -0.15) is 0 Å². The van der Waals surface area contributed by atoms with E-state index in [4.69, 9.17) is 15.2 Å². The van der Waals surface area contributed by atoms with Crippen molar-refractivity contribution in [2.45, 2.75) is 13.0 Å². The average molecular weight is 239 g/mol. The Hall–Kier alpha value is -1.75. The van der Waals surface area contributed by atoms with E-state index in [2.05, 4.69) is 4.74 Å². The van der Waals surface area contributed by atoms with E-state index in [1.807, 2.05) is 6.92 Å². The SMILES string of the molecule is CCOc1ccc([C@@H](N)C(=O)OC)cc1OC. The Balaban J connectivity index is 3.00. The number of benzene rings is 1. The molecule has 17 heavy (non-hydrogen) atoms. The summed E-state index contributed by atoms with van der Waals surface area (Å²) in [6.45, 7) is 2.42. The molecule has 0 aromatic heterocycles. The Morgan fingerprint density at radius 3 is 2.59 bits per heavy atom. The number of rotatable bonds is 5. The summed E-state index contributed by atoms with van der Waals surface area (Å²) in [7, 11) is 2.83. The lowest BCUT2D eigenvalue weighted by molar-refractivity contribution is -0.142. The van der Waals surface area contributed by atoms with Crippen molar-refractivity contribution in [1.29, 1.82) is 0 Å². The molecule has 0 heterocycles. The molecule has 5 nitrogen and oxygen atoms in total. The summed E-state index contributed by atoms with van der Waals surface area (Å²) in [6, 6.07) is 4.30. The fraction of sp³-hybridized carbons (Fsp3) is 0.417. The Kier molecular flexibility index (Phi) is 4.78. The lowest BCUT2D eigenvalue weighted by atomic mass is 10.1. The van der Waals surface area contributed by atoms with E-state index in [1.165, 1.54) is 14.2 Å². The Morgan fingerprint density at radius 1 is 1.35 bits per heavy atom. The van der Waals surface area contributed by atoms with Gasteiger partial charge in [0.2, 0.25) is 0 Å². The third kappa shape index (κ3) is 3.10. The number of esters is 1. The highest BCUT2D eigenvalue weighted by Crippen LogP contribution is 2.30. The molecule has 94 valence electrons. The summed E-state index contributed by atoms with van der Waals surface area (Å²) in [5.74, 6) is 0.677. The second kappa shape index (κ2) is 6.10. The van der Waals surface area contributed by atoms with Crippen LogP contribution in [0.15, 0.2) is 18.2 Å². The second-order valence-corrected chi connectivity index (χ2v) is 3.34. The molecule has 0 radical (unpaired) electrons. The fourth-order valence-electron chi connectivity index (χ4n) is 1.42. The molecular formula is C12H17NO4. The highest BCUT2D eigenvalue weighted by molar-refractivity contribution is 5.77. The number of ether oxygens (including phenoxy) is 3. The average Bonchev–Trinajstić information content (AvgIpc) is 2.37. The number of carbonyl (C=O) groups is 1. The first-order chi connectivity index (χ1) is 8.13.